The van der Waals surface area contributed by atoms with Gasteiger partial charge < -0.3 is 5.32 Å². The Morgan fingerprint density at radius 1 is 1.07 bits per heavy atom. The molecule has 5 heteroatoms. The maximum atomic E-state index is 12.9. The van der Waals surface area contributed by atoms with Crippen molar-refractivity contribution in [1.29, 1.82) is 0 Å². The fourth-order valence-corrected chi connectivity index (χ4v) is 4.67. The number of aromatic nitrogens is 2. The Morgan fingerprint density at radius 2 is 1.81 bits per heavy atom. The predicted molar refractivity (Wildman–Crippen MR) is 106 cm³/mol. The molecule has 4 nitrogen and oxygen atoms in total. The first kappa shape index (κ1) is 16.6. The van der Waals surface area contributed by atoms with Crippen LogP contribution >= 0.6 is 11.6 Å². The molecule has 3 aromatic rings. The molecule has 0 unspecified atom stereocenters. The summed E-state index contributed by atoms with van der Waals surface area (Å²) < 4.78 is 1.97. The third-order valence-electron chi connectivity index (χ3n) is 5.77. The first-order valence-electron chi connectivity index (χ1n) is 9.41. The van der Waals surface area contributed by atoms with Crippen LogP contribution in [0.1, 0.15) is 58.4 Å². The number of benzene rings is 2. The largest absolute Gasteiger partial charge is 0.347 e. The van der Waals surface area contributed by atoms with Gasteiger partial charge in [0.25, 0.3) is 5.91 Å². The lowest BCUT2D eigenvalue weighted by Crippen LogP contribution is -2.24. The number of hydrogen-bond acceptors (Lipinski definition) is 2. The molecule has 2 aromatic carbocycles. The summed E-state index contributed by atoms with van der Waals surface area (Å²) in [4.78, 5) is 12.9. The SMILES string of the molecule is O=C(NCc1ccccc1)c1nn(-c2ccc(Cl)cc2)c2c1[C@H]1CC[C@H]2C1. The predicted octanol–water partition coefficient (Wildman–Crippen LogP) is 4.82. The molecule has 0 radical (unpaired) electrons. The van der Waals surface area contributed by atoms with Gasteiger partial charge in [0.1, 0.15) is 0 Å². The number of amides is 1. The van der Waals surface area contributed by atoms with Crippen molar-refractivity contribution < 1.29 is 4.79 Å². The molecule has 27 heavy (non-hydrogen) atoms. The molecule has 1 aromatic heterocycles. The highest BCUT2D eigenvalue weighted by atomic mass is 35.5. The second kappa shape index (κ2) is 6.54. The molecule has 2 aliphatic carbocycles. The molecule has 1 heterocycles. The van der Waals surface area contributed by atoms with Gasteiger partial charge in [-0.05, 0) is 55.0 Å². The highest BCUT2D eigenvalue weighted by Gasteiger charge is 2.44. The summed E-state index contributed by atoms with van der Waals surface area (Å²) >= 11 is 6.04. The third-order valence-corrected chi connectivity index (χ3v) is 6.02. The van der Waals surface area contributed by atoms with E-state index in [0.717, 1.165) is 29.7 Å². The van der Waals surface area contributed by atoms with Gasteiger partial charge in [0.15, 0.2) is 5.69 Å². The summed E-state index contributed by atoms with van der Waals surface area (Å²) in [6, 6.07) is 17.6. The molecular weight excluding hydrogens is 358 g/mol. The van der Waals surface area contributed by atoms with Gasteiger partial charge in [0.2, 0.25) is 0 Å². The normalized spacial score (nSPS) is 19.9. The Balaban J connectivity index is 1.50. The standard InChI is InChI=1S/C22H20ClN3O/c23-17-8-10-18(11-9-17)26-21-16-7-6-15(12-16)19(21)20(25-26)22(27)24-13-14-4-2-1-3-5-14/h1-5,8-11,15-16H,6-7,12-13H2,(H,24,27)/t15-,16-/m0/s1. The third kappa shape index (κ3) is 2.85. The van der Waals surface area contributed by atoms with Gasteiger partial charge >= 0.3 is 0 Å². The Hall–Kier alpha value is -2.59. The zero-order valence-electron chi connectivity index (χ0n) is 14.9. The molecule has 1 N–H and O–H groups in total. The average Bonchev–Trinajstić information content (AvgIpc) is 3.40. The van der Waals surface area contributed by atoms with Crippen molar-refractivity contribution in [1.82, 2.24) is 15.1 Å². The average molecular weight is 378 g/mol. The zero-order valence-corrected chi connectivity index (χ0v) is 15.6. The second-order valence-corrected chi connectivity index (χ2v) is 7.85. The van der Waals surface area contributed by atoms with E-state index in [1.54, 1.807) is 0 Å². The fourth-order valence-electron chi connectivity index (χ4n) is 4.54. The molecule has 1 saturated carbocycles. The van der Waals surface area contributed by atoms with E-state index >= 15 is 0 Å². The summed E-state index contributed by atoms with van der Waals surface area (Å²) in [5.41, 5.74) is 5.01. The molecule has 2 bridgehead atoms. The molecule has 5 rings (SSSR count). The lowest BCUT2D eigenvalue weighted by molar-refractivity contribution is 0.0944. The van der Waals surface area contributed by atoms with Gasteiger partial charge in [0.05, 0.1) is 11.4 Å². The van der Waals surface area contributed by atoms with Crippen molar-refractivity contribution in [2.75, 3.05) is 0 Å². The van der Waals surface area contributed by atoms with Gasteiger partial charge in [-0.2, -0.15) is 5.10 Å². The maximum absolute atomic E-state index is 12.9. The van der Waals surface area contributed by atoms with E-state index in [1.165, 1.54) is 12.1 Å². The molecular formula is C22H20ClN3O. The van der Waals surface area contributed by atoms with Crippen molar-refractivity contribution in [3.8, 4) is 5.69 Å². The van der Waals surface area contributed by atoms with E-state index in [9.17, 15) is 4.79 Å². The van der Waals surface area contributed by atoms with Crippen LogP contribution in [0.4, 0.5) is 0 Å². The summed E-state index contributed by atoms with van der Waals surface area (Å²) in [6.45, 7) is 0.510. The molecule has 2 aliphatic rings. The van der Waals surface area contributed by atoms with Crippen LogP contribution in [-0.4, -0.2) is 15.7 Å². The van der Waals surface area contributed by atoms with Gasteiger partial charge in [-0.15, -0.1) is 0 Å². The number of rotatable bonds is 4. The molecule has 136 valence electrons. The van der Waals surface area contributed by atoms with E-state index in [1.807, 2.05) is 59.3 Å². The van der Waals surface area contributed by atoms with Crippen molar-refractivity contribution in [3.05, 3.63) is 82.1 Å². The number of fused-ring (bicyclic) bond motifs is 5. The smallest absolute Gasteiger partial charge is 0.272 e. The van der Waals surface area contributed by atoms with Crippen LogP contribution in [-0.2, 0) is 6.54 Å². The van der Waals surface area contributed by atoms with Crippen molar-refractivity contribution in [2.24, 2.45) is 0 Å². The van der Waals surface area contributed by atoms with Crippen molar-refractivity contribution in [2.45, 2.75) is 37.6 Å². The topological polar surface area (TPSA) is 46.9 Å². The monoisotopic (exact) mass is 377 g/mol. The van der Waals surface area contributed by atoms with Crippen LogP contribution in [0.5, 0.6) is 0 Å². The van der Waals surface area contributed by atoms with Crippen LogP contribution in [0.25, 0.3) is 5.69 Å². The highest BCUT2D eigenvalue weighted by molar-refractivity contribution is 6.30. The van der Waals surface area contributed by atoms with Gasteiger partial charge in [-0.25, -0.2) is 4.68 Å². The second-order valence-electron chi connectivity index (χ2n) is 7.41. The first-order chi connectivity index (χ1) is 13.2. The van der Waals surface area contributed by atoms with E-state index in [0.29, 0.717) is 29.1 Å². The molecule has 0 saturated heterocycles. The van der Waals surface area contributed by atoms with E-state index < -0.39 is 0 Å². The molecule has 2 atom stereocenters. The van der Waals surface area contributed by atoms with Crippen LogP contribution < -0.4 is 5.32 Å². The molecule has 1 amide bonds. The number of carbonyl (C=O) groups is 1. The first-order valence-corrected chi connectivity index (χ1v) is 9.79. The summed E-state index contributed by atoms with van der Waals surface area (Å²) in [5, 5.41) is 8.49. The van der Waals surface area contributed by atoms with E-state index in [4.69, 9.17) is 16.7 Å². The number of halogens is 1. The zero-order chi connectivity index (χ0) is 18.4. The van der Waals surface area contributed by atoms with Crippen LogP contribution in [0.2, 0.25) is 5.02 Å². The van der Waals surface area contributed by atoms with Gasteiger partial charge in [-0.3, -0.25) is 4.79 Å². The Kier molecular flexibility index (Phi) is 4.01. The number of carbonyl (C=O) groups excluding carboxylic acids is 1. The minimum absolute atomic E-state index is 0.0876. The highest BCUT2D eigenvalue weighted by Crippen LogP contribution is 2.54. The molecule has 0 spiro atoms. The summed E-state index contributed by atoms with van der Waals surface area (Å²) in [5.74, 6) is 0.878. The van der Waals surface area contributed by atoms with Crippen molar-refractivity contribution in [3.63, 3.8) is 0 Å². The maximum Gasteiger partial charge on any atom is 0.272 e. The summed E-state index contributed by atoms with van der Waals surface area (Å²) in [6.07, 6.45) is 3.48. The molecule has 0 aliphatic heterocycles. The summed E-state index contributed by atoms with van der Waals surface area (Å²) in [7, 11) is 0. The number of nitrogens with zero attached hydrogens (tertiary/aromatic N) is 2. The Bertz CT molecular complexity index is 994. The van der Waals surface area contributed by atoms with Crippen LogP contribution in [0.3, 0.4) is 0 Å². The Labute approximate surface area is 163 Å². The number of nitrogens with one attached hydrogen (secondary N) is 1. The van der Waals surface area contributed by atoms with Crippen LogP contribution in [0, 0.1) is 0 Å². The van der Waals surface area contributed by atoms with Crippen molar-refractivity contribution >= 4 is 17.5 Å². The minimum Gasteiger partial charge on any atom is -0.347 e. The van der Waals surface area contributed by atoms with Crippen LogP contribution in [0.15, 0.2) is 54.6 Å². The number of hydrogen-bond donors (Lipinski definition) is 1. The quantitative estimate of drug-likeness (QED) is 0.708. The lowest BCUT2D eigenvalue weighted by Gasteiger charge is -2.14. The van der Waals surface area contributed by atoms with E-state index in [-0.39, 0.29) is 5.91 Å². The van der Waals surface area contributed by atoms with E-state index in [2.05, 4.69) is 5.32 Å². The molecule has 1 fully saturated rings. The lowest BCUT2D eigenvalue weighted by atomic mass is 9.95. The van der Waals surface area contributed by atoms with Gasteiger partial charge in [-0.1, -0.05) is 41.9 Å². The fraction of sp³-hybridized carbons (Fsp3) is 0.273. The minimum atomic E-state index is -0.0876. The van der Waals surface area contributed by atoms with Gasteiger partial charge in [0, 0.05) is 23.0 Å². The Morgan fingerprint density at radius 3 is 2.59 bits per heavy atom.